The summed E-state index contributed by atoms with van der Waals surface area (Å²) in [7, 11) is 1.54. The molecule has 21 heavy (non-hydrogen) atoms. The van der Waals surface area contributed by atoms with E-state index >= 15 is 0 Å². The normalized spacial score (nSPS) is 23.1. The molecule has 0 spiro atoms. The lowest BCUT2D eigenvalue weighted by Crippen LogP contribution is -2.46. The largest absolute Gasteiger partial charge is 0.336 e. The van der Waals surface area contributed by atoms with E-state index in [1.54, 1.807) is 13.0 Å². The second-order valence-corrected chi connectivity index (χ2v) is 8.34. The maximum absolute atomic E-state index is 12.7. The van der Waals surface area contributed by atoms with Crippen molar-refractivity contribution in [3.63, 3.8) is 0 Å². The summed E-state index contributed by atoms with van der Waals surface area (Å²) in [5.41, 5.74) is 1.17. The fourth-order valence-electron chi connectivity index (χ4n) is 2.76. The van der Waals surface area contributed by atoms with Gasteiger partial charge in [0.15, 0.2) is 0 Å². The maximum atomic E-state index is 12.7. The molecule has 6 heteroatoms. The maximum Gasteiger partial charge on any atom is 0.261 e. The predicted octanol–water partition coefficient (Wildman–Crippen LogP) is 3.18. The highest BCUT2D eigenvalue weighted by atomic mass is 35.7. The Morgan fingerprint density at radius 3 is 2.62 bits per heavy atom. The Bertz CT molecular complexity index is 657. The topological polar surface area (TPSA) is 54.5 Å². The minimum Gasteiger partial charge on any atom is -0.336 e. The summed E-state index contributed by atoms with van der Waals surface area (Å²) in [5, 5.41) is 0. The molecule has 0 bridgehead atoms. The summed E-state index contributed by atoms with van der Waals surface area (Å²) in [6.45, 7) is 6.69. The molecule has 1 saturated heterocycles. The van der Waals surface area contributed by atoms with Crippen molar-refractivity contribution in [2.24, 2.45) is 5.92 Å². The fourth-order valence-corrected chi connectivity index (χ4v) is 3.54. The van der Waals surface area contributed by atoms with Gasteiger partial charge in [0.1, 0.15) is 0 Å². The monoisotopic (exact) mass is 329 g/mol. The second kappa shape index (κ2) is 5.97. The minimum absolute atomic E-state index is 0.0316. The van der Waals surface area contributed by atoms with Crippen molar-refractivity contribution in [1.82, 2.24) is 4.90 Å². The van der Waals surface area contributed by atoms with Gasteiger partial charge in [-0.2, -0.15) is 0 Å². The van der Waals surface area contributed by atoms with Crippen molar-refractivity contribution in [2.75, 3.05) is 6.54 Å². The SMILES string of the molecule is Cc1ccc(S(=O)(=O)Cl)cc1C(=O)N1CCCC(C)C1C. The zero-order chi connectivity index (χ0) is 15.8. The molecule has 0 aliphatic carbocycles. The highest BCUT2D eigenvalue weighted by Gasteiger charge is 2.30. The van der Waals surface area contributed by atoms with Gasteiger partial charge >= 0.3 is 0 Å². The number of amides is 1. The molecule has 1 aromatic carbocycles. The van der Waals surface area contributed by atoms with Gasteiger partial charge in [-0.05, 0) is 50.3 Å². The first kappa shape index (κ1) is 16.3. The molecule has 0 N–H and O–H groups in total. The van der Waals surface area contributed by atoms with Gasteiger partial charge in [0.25, 0.3) is 15.0 Å². The second-order valence-electron chi connectivity index (χ2n) is 5.77. The van der Waals surface area contributed by atoms with Crippen LogP contribution in [0.25, 0.3) is 0 Å². The van der Waals surface area contributed by atoms with Crippen LogP contribution in [0.15, 0.2) is 23.1 Å². The van der Waals surface area contributed by atoms with Gasteiger partial charge in [0.05, 0.1) is 4.90 Å². The van der Waals surface area contributed by atoms with Crippen molar-refractivity contribution in [3.05, 3.63) is 29.3 Å². The number of likely N-dealkylation sites (tertiary alicyclic amines) is 1. The molecule has 1 aliphatic heterocycles. The summed E-state index contributed by atoms with van der Waals surface area (Å²) >= 11 is 0. The highest BCUT2D eigenvalue weighted by Crippen LogP contribution is 2.26. The van der Waals surface area contributed by atoms with E-state index in [2.05, 4.69) is 6.92 Å². The van der Waals surface area contributed by atoms with Crippen molar-refractivity contribution in [1.29, 1.82) is 0 Å². The summed E-state index contributed by atoms with van der Waals surface area (Å²) < 4.78 is 22.9. The van der Waals surface area contributed by atoms with Crippen molar-refractivity contribution in [3.8, 4) is 0 Å². The number of carbonyl (C=O) groups is 1. The summed E-state index contributed by atoms with van der Waals surface area (Å²) in [5.74, 6) is 0.330. The molecule has 1 fully saturated rings. The van der Waals surface area contributed by atoms with E-state index in [0.717, 1.165) is 18.4 Å². The molecule has 2 rings (SSSR count). The van der Waals surface area contributed by atoms with Gasteiger partial charge in [0.2, 0.25) is 0 Å². The molecule has 1 heterocycles. The molecular formula is C15H20ClNO3S. The van der Waals surface area contributed by atoms with Gasteiger partial charge < -0.3 is 4.90 Å². The predicted molar refractivity (Wildman–Crippen MR) is 83.1 cm³/mol. The first-order valence-electron chi connectivity index (χ1n) is 7.08. The number of aryl methyl sites for hydroxylation is 1. The zero-order valence-corrected chi connectivity index (χ0v) is 14.0. The lowest BCUT2D eigenvalue weighted by molar-refractivity contribution is 0.0550. The average molecular weight is 330 g/mol. The Hall–Kier alpha value is -1.07. The molecule has 1 aromatic rings. The van der Waals surface area contributed by atoms with Crippen LogP contribution < -0.4 is 0 Å². The number of hydrogen-bond donors (Lipinski definition) is 0. The highest BCUT2D eigenvalue weighted by molar-refractivity contribution is 8.13. The number of piperidine rings is 1. The van der Waals surface area contributed by atoms with E-state index < -0.39 is 9.05 Å². The summed E-state index contributed by atoms with van der Waals surface area (Å²) in [6, 6.07) is 4.59. The molecule has 0 aromatic heterocycles. The number of rotatable bonds is 2. The molecule has 4 nitrogen and oxygen atoms in total. The van der Waals surface area contributed by atoms with Crippen LogP contribution in [0.1, 0.15) is 42.6 Å². The molecule has 1 aliphatic rings. The molecule has 1 amide bonds. The van der Waals surface area contributed by atoms with Crippen LogP contribution in [0.3, 0.4) is 0 Å². The van der Waals surface area contributed by atoms with Crippen molar-refractivity contribution >= 4 is 25.6 Å². The minimum atomic E-state index is -3.83. The van der Waals surface area contributed by atoms with Crippen LogP contribution in [0.4, 0.5) is 0 Å². The fraction of sp³-hybridized carbons (Fsp3) is 0.533. The van der Waals surface area contributed by atoms with E-state index in [-0.39, 0.29) is 16.8 Å². The molecule has 0 saturated carbocycles. The van der Waals surface area contributed by atoms with Crippen LogP contribution in [0, 0.1) is 12.8 Å². The molecular weight excluding hydrogens is 310 g/mol. The Morgan fingerprint density at radius 1 is 1.33 bits per heavy atom. The molecule has 2 atom stereocenters. The standard InChI is InChI=1S/C15H20ClNO3S/c1-10-5-4-8-17(12(10)3)15(18)14-9-13(21(16,19)20)7-6-11(14)2/h6-7,9-10,12H,4-5,8H2,1-3H3. The third kappa shape index (κ3) is 3.40. The summed E-state index contributed by atoms with van der Waals surface area (Å²) in [4.78, 5) is 14.5. The van der Waals surface area contributed by atoms with E-state index in [1.165, 1.54) is 12.1 Å². The molecule has 2 unspecified atom stereocenters. The van der Waals surface area contributed by atoms with Gasteiger partial charge in [-0.25, -0.2) is 8.42 Å². The molecule has 116 valence electrons. The van der Waals surface area contributed by atoms with Crippen LogP contribution in [0.5, 0.6) is 0 Å². The first-order valence-corrected chi connectivity index (χ1v) is 9.39. The Balaban J connectivity index is 2.39. The van der Waals surface area contributed by atoms with Gasteiger partial charge in [-0.3, -0.25) is 4.79 Å². The zero-order valence-electron chi connectivity index (χ0n) is 12.5. The number of hydrogen-bond acceptors (Lipinski definition) is 3. The Morgan fingerprint density at radius 2 is 2.00 bits per heavy atom. The van der Waals surface area contributed by atoms with E-state index in [9.17, 15) is 13.2 Å². The van der Waals surface area contributed by atoms with Gasteiger partial charge in [-0.15, -0.1) is 0 Å². The van der Waals surface area contributed by atoms with Gasteiger partial charge in [0, 0.05) is 28.8 Å². The Labute approximate surface area is 130 Å². The van der Waals surface area contributed by atoms with Crippen LogP contribution >= 0.6 is 10.7 Å². The smallest absolute Gasteiger partial charge is 0.261 e. The Kier molecular flexibility index (Phi) is 4.63. The first-order chi connectivity index (χ1) is 9.71. The van der Waals surface area contributed by atoms with E-state index in [1.807, 2.05) is 11.8 Å². The van der Waals surface area contributed by atoms with Gasteiger partial charge in [-0.1, -0.05) is 13.0 Å². The summed E-state index contributed by atoms with van der Waals surface area (Å²) in [6.07, 6.45) is 2.09. The number of benzene rings is 1. The van der Waals surface area contributed by atoms with E-state index in [4.69, 9.17) is 10.7 Å². The third-order valence-electron chi connectivity index (χ3n) is 4.36. The van der Waals surface area contributed by atoms with Crippen LogP contribution in [-0.2, 0) is 9.05 Å². The van der Waals surface area contributed by atoms with Crippen molar-refractivity contribution in [2.45, 2.75) is 44.6 Å². The van der Waals surface area contributed by atoms with E-state index in [0.29, 0.717) is 18.0 Å². The van der Waals surface area contributed by atoms with Crippen molar-refractivity contribution < 1.29 is 13.2 Å². The lowest BCUT2D eigenvalue weighted by Gasteiger charge is -2.38. The number of halogens is 1. The van der Waals surface area contributed by atoms with Crippen LogP contribution in [-0.4, -0.2) is 31.8 Å². The molecule has 0 radical (unpaired) electrons. The lowest BCUT2D eigenvalue weighted by atomic mass is 9.91. The number of carbonyl (C=O) groups excluding carboxylic acids is 1. The number of nitrogens with zero attached hydrogens (tertiary/aromatic N) is 1. The third-order valence-corrected chi connectivity index (χ3v) is 5.71. The average Bonchev–Trinajstić information content (AvgIpc) is 2.40. The van der Waals surface area contributed by atoms with Crippen LogP contribution in [0.2, 0.25) is 0 Å². The quantitative estimate of drug-likeness (QED) is 0.783.